The van der Waals surface area contributed by atoms with Gasteiger partial charge in [0.2, 0.25) is 0 Å². The number of amides is 1. The van der Waals surface area contributed by atoms with Gasteiger partial charge in [-0.2, -0.15) is 0 Å². The highest BCUT2D eigenvalue weighted by atomic mass is 35.5. The van der Waals surface area contributed by atoms with E-state index in [4.69, 9.17) is 4.42 Å². The first kappa shape index (κ1) is 17.5. The third-order valence-corrected chi connectivity index (χ3v) is 3.75. The number of halogens is 1. The molecule has 0 bridgehead atoms. The van der Waals surface area contributed by atoms with Gasteiger partial charge in [-0.1, -0.05) is 12.1 Å². The number of likely N-dealkylation sites (N-methyl/N-ethyl adjacent to an activating group) is 1. The summed E-state index contributed by atoms with van der Waals surface area (Å²) >= 11 is 0. The Morgan fingerprint density at radius 2 is 1.86 bits per heavy atom. The Bertz CT molecular complexity index is 649. The minimum Gasteiger partial charge on any atom is -0.450 e. The van der Waals surface area contributed by atoms with E-state index in [0.29, 0.717) is 12.3 Å². The van der Waals surface area contributed by atoms with E-state index in [2.05, 4.69) is 16.7 Å². The van der Waals surface area contributed by atoms with Gasteiger partial charge in [0.25, 0.3) is 5.91 Å². The lowest BCUT2D eigenvalue weighted by atomic mass is 10.0. The highest BCUT2D eigenvalue weighted by molar-refractivity contribution is 6.00. The van der Waals surface area contributed by atoms with Gasteiger partial charge in [0.05, 0.1) is 0 Å². The SMILES string of the molecule is CNC(C)CNC(=O)c1oc2c(C)ccc(C)c2c1C.Cl. The zero-order valence-corrected chi connectivity index (χ0v) is 14.0. The van der Waals surface area contributed by atoms with E-state index < -0.39 is 0 Å². The van der Waals surface area contributed by atoms with Crippen LogP contribution in [-0.2, 0) is 0 Å². The lowest BCUT2D eigenvalue weighted by Gasteiger charge is -2.10. The number of carbonyl (C=O) groups is 1. The Kier molecular flexibility index (Phi) is 5.81. The number of hydrogen-bond acceptors (Lipinski definition) is 3. The first-order valence-electron chi connectivity index (χ1n) is 6.90. The van der Waals surface area contributed by atoms with E-state index in [1.807, 2.05) is 40.8 Å². The Balaban J connectivity index is 0.00000220. The van der Waals surface area contributed by atoms with Crippen LogP contribution in [0, 0.1) is 20.8 Å². The quantitative estimate of drug-likeness (QED) is 0.912. The fourth-order valence-corrected chi connectivity index (χ4v) is 2.32. The second-order valence-corrected chi connectivity index (χ2v) is 5.36. The second kappa shape index (κ2) is 6.96. The Morgan fingerprint density at radius 1 is 1.24 bits per heavy atom. The molecule has 2 aromatic rings. The van der Waals surface area contributed by atoms with Crippen molar-refractivity contribution < 1.29 is 9.21 Å². The summed E-state index contributed by atoms with van der Waals surface area (Å²) in [7, 11) is 1.87. The highest BCUT2D eigenvalue weighted by Crippen LogP contribution is 2.30. The fourth-order valence-electron chi connectivity index (χ4n) is 2.32. The number of hydrogen-bond donors (Lipinski definition) is 2. The molecule has 0 saturated heterocycles. The van der Waals surface area contributed by atoms with Crippen LogP contribution in [0.4, 0.5) is 0 Å². The zero-order valence-electron chi connectivity index (χ0n) is 13.2. The molecule has 5 heteroatoms. The number of nitrogens with one attached hydrogen (secondary N) is 2. The molecular weight excluding hydrogens is 288 g/mol. The zero-order chi connectivity index (χ0) is 14.9. The number of aryl methyl sites for hydroxylation is 3. The van der Waals surface area contributed by atoms with E-state index in [-0.39, 0.29) is 24.4 Å². The number of carbonyl (C=O) groups excluding carboxylic acids is 1. The molecule has 1 atom stereocenters. The molecule has 0 spiro atoms. The summed E-state index contributed by atoms with van der Waals surface area (Å²) in [5.74, 6) is 0.264. The molecule has 4 nitrogen and oxygen atoms in total. The van der Waals surface area contributed by atoms with E-state index in [9.17, 15) is 4.79 Å². The van der Waals surface area contributed by atoms with Gasteiger partial charge < -0.3 is 15.1 Å². The van der Waals surface area contributed by atoms with E-state index >= 15 is 0 Å². The number of furan rings is 1. The van der Waals surface area contributed by atoms with E-state index in [0.717, 1.165) is 27.7 Å². The number of fused-ring (bicyclic) bond motifs is 1. The molecule has 0 fully saturated rings. The second-order valence-electron chi connectivity index (χ2n) is 5.36. The monoisotopic (exact) mass is 310 g/mol. The highest BCUT2D eigenvalue weighted by Gasteiger charge is 2.19. The first-order chi connectivity index (χ1) is 9.45. The van der Waals surface area contributed by atoms with Gasteiger partial charge in [-0.05, 0) is 45.9 Å². The van der Waals surface area contributed by atoms with Crippen LogP contribution in [0.3, 0.4) is 0 Å². The molecule has 2 N–H and O–H groups in total. The van der Waals surface area contributed by atoms with Gasteiger partial charge >= 0.3 is 0 Å². The van der Waals surface area contributed by atoms with E-state index in [1.54, 1.807) is 0 Å². The number of rotatable bonds is 4. The van der Waals surface area contributed by atoms with Gasteiger partial charge in [-0.25, -0.2) is 0 Å². The minimum atomic E-state index is -0.153. The largest absolute Gasteiger partial charge is 0.450 e. The third kappa shape index (κ3) is 3.39. The summed E-state index contributed by atoms with van der Waals surface area (Å²) in [6, 6.07) is 4.31. The van der Waals surface area contributed by atoms with Crippen LogP contribution in [0.25, 0.3) is 11.0 Å². The van der Waals surface area contributed by atoms with Crippen LogP contribution in [0.2, 0.25) is 0 Å². The summed E-state index contributed by atoms with van der Waals surface area (Å²) in [6.07, 6.45) is 0. The molecule has 0 radical (unpaired) electrons. The standard InChI is InChI=1S/C16H22N2O2.ClH/c1-9-6-7-10(2)14-13(9)12(4)15(20-14)16(19)18-8-11(3)17-5;/h6-7,11,17H,8H2,1-5H3,(H,18,19);1H. The molecule has 1 amide bonds. The summed E-state index contributed by atoms with van der Waals surface area (Å²) < 4.78 is 5.81. The van der Waals surface area contributed by atoms with Gasteiger partial charge in [-0.15, -0.1) is 12.4 Å². The lowest BCUT2D eigenvalue weighted by molar-refractivity contribution is 0.0924. The third-order valence-electron chi connectivity index (χ3n) is 3.75. The molecule has 1 aromatic carbocycles. The Morgan fingerprint density at radius 3 is 2.43 bits per heavy atom. The maximum atomic E-state index is 12.2. The summed E-state index contributed by atoms with van der Waals surface area (Å²) in [5, 5.41) is 7.03. The van der Waals surface area contributed by atoms with Crippen LogP contribution >= 0.6 is 12.4 Å². The maximum Gasteiger partial charge on any atom is 0.287 e. The predicted molar refractivity (Wildman–Crippen MR) is 88.5 cm³/mol. The number of benzene rings is 1. The van der Waals surface area contributed by atoms with Crippen molar-refractivity contribution in [3.63, 3.8) is 0 Å². The van der Waals surface area contributed by atoms with Gasteiger partial charge in [0.15, 0.2) is 5.76 Å². The molecule has 0 aliphatic rings. The van der Waals surface area contributed by atoms with Crippen LogP contribution in [-0.4, -0.2) is 25.5 Å². The van der Waals surface area contributed by atoms with Crippen molar-refractivity contribution in [1.82, 2.24) is 10.6 Å². The maximum absolute atomic E-state index is 12.2. The Hall–Kier alpha value is -1.52. The molecular formula is C16H23ClN2O2. The molecule has 1 heterocycles. The average Bonchev–Trinajstić information content (AvgIpc) is 2.79. The van der Waals surface area contributed by atoms with Gasteiger partial charge in [0, 0.05) is 23.5 Å². The Labute approximate surface area is 131 Å². The summed E-state index contributed by atoms with van der Waals surface area (Å²) in [4.78, 5) is 12.2. The molecule has 116 valence electrons. The average molecular weight is 311 g/mol. The van der Waals surface area contributed by atoms with Crippen molar-refractivity contribution in [2.45, 2.75) is 33.7 Å². The topological polar surface area (TPSA) is 54.3 Å². The normalized spacial score (nSPS) is 12.0. The molecule has 1 aromatic heterocycles. The van der Waals surface area contributed by atoms with Gasteiger partial charge in [-0.3, -0.25) is 4.79 Å². The van der Waals surface area contributed by atoms with Crippen LogP contribution in [0.5, 0.6) is 0 Å². The van der Waals surface area contributed by atoms with Crippen molar-refractivity contribution in [3.8, 4) is 0 Å². The predicted octanol–water partition coefficient (Wildman–Crippen LogP) is 3.12. The molecule has 21 heavy (non-hydrogen) atoms. The van der Waals surface area contributed by atoms with Crippen molar-refractivity contribution in [2.24, 2.45) is 0 Å². The smallest absolute Gasteiger partial charge is 0.287 e. The van der Waals surface area contributed by atoms with Crippen molar-refractivity contribution in [1.29, 1.82) is 0 Å². The summed E-state index contributed by atoms with van der Waals surface area (Å²) in [6.45, 7) is 8.56. The first-order valence-corrected chi connectivity index (χ1v) is 6.90. The van der Waals surface area contributed by atoms with Crippen molar-refractivity contribution in [2.75, 3.05) is 13.6 Å². The lowest BCUT2D eigenvalue weighted by Crippen LogP contribution is -2.37. The van der Waals surface area contributed by atoms with Crippen LogP contribution in [0.15, 0.2) is 16.5 Å². The van der Waals surface area contributed by atoms with Crippen LogP contribution in [0.1, 0.15) is 34.2 Å². The van der Waals surface area contributed by atoms with Crippen molar-refractivity contribution in [3.05, 3.63) is 34.6 Å². The molecule has 0 aliphatic heterocycles. The van der Waals surface area contributed by atoms with Gasteiger partial charge in [0.1, 0.15) is 5.58 Å². The fraction of sp³-hybridized carbons (Fsp3) is 0.438. The van der Waals surface area contributed by atoms with Crippen LogP contribution < -0.4 is 10.6 Å². The molecule has 0 saturated carbocycles. The van der Waals surface area contributed by atoms with Crippen molar-refractivity contribution >= 4 is 29.3 Å². The minimum absolute atomic E-state index is 0. The molecule has 1 unspecified atom stereocenters. The molecule has 0 aliphatic carbocycles. The molecule has 2 rings (SSSR count). The van der Waals surface area contributed by atoms with E-state index in [1.165, 1.54) is 0 Å². The summed E-state index contributed by atoms with van der Waals surface area (Å²) in [5.41, 5.74) is 3.91.